The summed E-state index contributed by atoms with van der Waals surface area (Å²) in [5.74, 6) is -1.06. The number of carbonyl (C=O) groups excluding carboxylic acids is 3. The van der Waals surface area contributed by atoms with Crippen LogP contribution in [0.25, 0.3) is 0 Å². The highest BCUT2D eigenvalue weighted by molar-refractivity contribution is 6.31. The van der Waals surface area contributed by atoms with E-state index in [2.05, 4.69) is 16.0 Å². The van der Waals surface area contributed by atoms with Crippen LogP contribution in [0.3, 0.4) is 0 Å². The molecule has 2 aromatic carbocycles. The fourth-order valence-corrected chi connectivity index (χ4v) is 2.33. The van der Waals surface area contributed by atoms with Crippen molar-refractivity contribution in [3.05, 3.63) is 59.1 Å². The predicted octanol–water partition coefficient (Wildman–Crippen LogP) is 2.94. The first-order valence-electron chi connectivity index (χ1n) is 7.61. The van der Waals surface area contributed by atoms with Crippen LogP contribution in [-0.2, 0) is 20.9 Å². The molecule has 0 atom stereocenters. The maximum Gasteiger partial charge on any atom is 0.233 e. The van der Waals surface area contributed by atoms with Crippen LogP contribution in [0, 0.1) is 0 Å². The Hall–Kier alpha value is -2.86. The van der Waals surface area contributed by atoms with Crippen molar-refractivity contribution in [1.82, 2.24) is 5.32 Å². The van der Waals surface area contributed by atoms with Crippen LogP contribution in [0.1, 0.15) is 18.9 Å². The van der Waals surface area contributed by atoms with Gasteiger partial charge in [-0.15, -0.1) is 0 Å². The van der Waals surface area contributed by atoms with E-state index in [0.29, 0.717) is 16.4 Å². The maximum atomic E-state index is 11.9. The van der Waals surface area contributed by atoms with E-state index in [1.165, 1.54) is 6.92 Å². The largest absolute Gasteiger partial charge is 0.352 e. The Morgan fingerprint density at radius 2 is 1.60 bits per heavy atom. The lowest BCUT2D eigenvalue weighted by Gasteiger charge is -2.09. The summed E-state index contributed by atoms with van der Waals surface area (Å²) < 4.78 is 0. The molecule has 0 saturated heterocycles. The molecule has 2 rings (SSSR count). The SMILES string of the molecule is CC(=O)Nc1cccc(NC(=O)CC(=O)NCc2ccccc2Cl)c1. The third kappa shape index (κ3) is 6.27. The topological polar surface area (TPSA) is 87.3 Å². The second-order valence-electron chi connectivity index (χ2n) is 5.36. The Labute approximate surface area is 150 Å². The Bertz CT molecular complexity index is 793. The van der Waals surface area contributed by atoms with Crippen molar-refractivity contribution < 1.29 is 14.4 Å². The van der Waals surface area contributed by atoms with E-state index in [-0.39, 0.29) is 18.9 Å². The summed E-state index contributed by atoms with van der Waals surface area (Å²) in [4.78, 5) is 34.9. The molecule has 130 valence electrons. The zero-order valence-corrected chi connectivity index (χ0v) is 14.4. The number of rotatable bonds is 6. The summed E-state index contributed by atoms with van der Waals surface area (Å²) in [5, 5.41) is 8.45. The number of hydrogen-bond donors (Lipinski definition) is 3. The minimum atomic E-state index is -0.448. The number of halogens is 1. The van der Waals surface area contributed by atoms with Gasteiger partial charge in [0.15, 0.2) is 0 Å². The smallest absolute Gasteiger partial charge is 0.233 e. The number of amides is 3. The monoisotopic (exact) mass is 359 g/mol. The van der Waals surface area contributed by atoms with E-state index in [1.807, 2.05) is 6.07 Å². The standard InChI is InChI=1S/C18H18ClN3O3/c1-12(23)21-14-6-4-7-15(9-14)22-18(25)10-17(24)20-11-13-5-2-3-8-16(13)19/h2-9H,10-11H2,1H3,(H,20,24)(H,21,23)(H,22,25). The molecule has 0 aromatic heterocycles. The number of benzene rings is 2. The van der Waals surface area contributed by atoms with Crippen molar-refractivity contribution in [2.24, 2.45) is 0 Å². The van der Waals surface area contributed by atoms with E-state index >= 15 is 0 Å². The molecule has 0 bridgehead atoms. The molecular weight excluding hydrogens is 342 g/mol. The summed E-state index contributed by atoms with van der Waals surface area (Å²) in [6, 6.07) is 13.8. The van der Waals surface area contributed by atoms with Gasteiger partial charge in [0.05, 0.1) is 0 Å². The number of nitrogens with one attached hydrogen (secondary N) is 3. The van der Waals surface area contributed by atoms with E-state index in [9.17, 15) is 14.4 Å². The van der Waals surface area contributed by atoms with Gasteiger partial charge < -0.3 is 16.0 Å². The fraction of sp³-hybridized carbons (Fsp3) is 0.167. The van der Waals surface area contributed by atoms with Crippen LogP contribution < -0.4 is 16.0 Å². The molecule has 6 nitrogen and oxygen atoms in total. The quantitative estimate of drug-likeness (QED) is 0.693. The summed E-state index contributed by atoms with van der Waals surface area (Å²) in [7, 11) is 0. The van der Waals surface area contributed by atoms with E-state index in [4.69, 9.17) is 11.6 Å². The van der Waals surface area contributed by atoms with Gasteiger partial charge >= 0.3 is 0 Å². The highest BCUT2D eigenvalue weighted by Gasteiger charge is 2.10. The van der Waals surface area contributed by atoms with Gasteiger partial charge in [0.2, 0.25) is 17.7 Å². The molecule has 0 aliphatic heterocycles. The van der Waals surface area contributed by atoms with Crippen LogP contribution in [0.15, 0.2) is 48.5 Å². The zero-order valence-electron chi connectivity index (χ0n) is 13.6. The average molecular weight is 360 g/mol. The molecule has 0 saturated carbocycles. The predicted molar refractivity (Wildman–Crippen MR) is 97.3 cm³/mol. The third-order valence-electron chi connectivity index (χ3n) is 3.22. The Morgan fingerprint density at radius 1 is 0.920 bits per heavy atom. The first kappa shape index (κ1) is 18.5. The van der Waals surface area contributed by atoms with Gasteiger partial charge in [0.25, 0.3) is 0 Å². The van der Waals surface area contributed by atoms with Gasteiger partial charge in [-0.1, -0.05) is 35.9 Å². The molecule has 0 spiro atoms. The van der Waals surface area contributed by atoms with E-state index in [1.54, 1.807) is 42.5 Å². The third-order valence-corrected chi connectivity index (χ3v) is 3.59. The van der Waals surface area contributed by atoms with Crippen LogP contribution in [0.2, 0.25) is 5.02 Å². The molecule has 2 aromatic rings. The van der Waals surface area contributed by atoms with Crippen molar-refractivity contribution in [2.75, 3.05) is 10.6 Å². The Balaban J connectivity index is 1.84. The van der Waals surface area contributed by atoms with Gasteiger partial charge in [-0.2, -0.15) is 0 Å². The second-order valence-corrected chi connectivity index (χ2v) is 5.76. The van der Waals surface area contributed by atoms with Crippen molar-refractivity contribution in [3.63, 3.8) is 0 Å². The molecule has 3 amide bonds. The van der Waals surface area contributed by atoms with Crippen molar-refractivity contribution in [1.29, 1.82) is 0 Å². The van der Waals surface area contributed by atoms with Gasteiger partial charge in [0, 0.05) is 29.9 Å². The second kappa shape index (κ2) is 8.84. The van der Waals surface area contributed by atoms with Gasteiger partial charge in [-0.25, -0.2) is 0 Å². The van der Waals surface area contributed by atoms with Crippen LogP contribution in [0.4, 0.5) is 11.4 Å². The number of carbonyl (C=O) groups is 3. The Kier molecular flexibility index (Phi) is 6.54. The minimum Gasteiger partial charge on any atom is -0.352 e. The minimum absolute atomic E-state index is 0.206. The lowest BCUT2D eigenvalue weighted by Crippen LogP contribution is -2.27. The zero-order chi connectivity index (χ0) is 18.2. The molecule has 0 heterocycles. The molecule has 0 radical (unpaired) electrons. The molecule has 0 aliphatic carbocycles. The van der Waals surface area contributed by atoms with Gasteiger partial charge in [-0.3, -0.25) is 14.4 Å². The lowest BCUT2D eigenvalue weighted by molar-refractivity contribution is -0.127. The van der Waals surface area contributed by atoms with E-state index in [0.717, 1.165) is 5.56 Å². The van der Waals surface area contributed by atoms with Crippen molar-refractivity contribution in [2.45, 2.75) is 19.9 Å². The molecule has 3 N–H and O–H groups in total. The summed E-state index contributed by atoms with van der Waals surface area (Å²) in [6.07, 6.45) is -0.311. The molecule has 0 aliphatic rings. The molecule has 25 heavy (non-hydrogen) atoms. The van der Waals surface area contributed by atoms with Gasteiger partial charge in [-0.05, 0) is 29.8 Å². The highest BCUT2D eigenvalue weighted by atomic mass is 35.5. The molecule has 7 heteroatoms. The molecule has 0 fully saturated rings. The van der Waals surface area contributed by atoms with Crippen LogP contribution in [-0.4, -0.2) is 17.7 Å². The number of anilines is 2. The van der Waals surface area contributed by atoms with Gasteiger partial charge in [0.1, 0.15) is 6.42 Å². The first-order valence-corrected chi connectivity index (χ1v) is 7.99. The molecule has 0 unspecified atom stereocenters. The van der Waals surface area contributed by atoms with E-state index < -0.39 is 11.8 Å². The first-order chi connectivity index (χ1) is 11.9. The summed E-state index contributed by atoms with van der Waals surface area (Å²) >= 11 is 6.01. The van der Waals surface area contributed by atoms with Crippen LogP contribution >= 0.6 is 11.6 Å². The highest BCUT2D eigenvalue weighted by Crippen LogP contribution is 2.16. The van der Waals surface area contributed by atoms with Crippen molar-refractivity contribution in [3.8, 4) is 0 Å². The van der Waals surface area contributed by atoms with Crippen LogP contribution in [0.5, 0.6) is 0 Å². The summed E-state index contributed by atoms with van der Waals surface area (Å²) in [6.45, 7) is 1.65. The lowest BCUT2D eigenvalue weighted by atomic mass is 10.2. The summed E-state index contributed by atoms with van der Waals surface area (Å²) in [5.41, 5.74) is 1.84. The Morgan fingerprint density at radius 3 is 2.28 bits per heavy atom. The van der Waals surface area contributed by atoms with Crippen molar-refractivity contribution >= 4 is 40.7 Å². The normalized spacial score (nSPS) is 10.0. The fourth-order valence-electron chi connectivity index (χ4n) is 2.13. The molecular formula is C18H18ClN3O3. The maximum absolute atomic E-state index is 11.9. The number of hydrogen-bond acceptors (Lipinski definition) is 3. The average Bonchev–Trinajstić information content (AvgIpc) is 2.53.